The van der Waals surface area contributed by atoms with E-state index in [1.807, 2.05) is 7.05 Å². The maximum absolute atomic E-state index is 12.0. The molecule has 0 saturated carbocycles. The quantitative estimate of drug-likeness (QED) is 0.677. The highest BCUT2D eigenvalue weighted by molar-refractivity contribution is 7.89. The number of piperidine rings is 1. The van der Waals surface area contributed by atoms with Crippen molar-refractivity contribution in [2.45, 2.75) is 44.2 Å². The van der Waals surface area contributed by atoms with Crippen LogP contribution in [0.5, 0.6) is 0 Å². The summed E-state index contributed by atoms with van der Waals surface area (Å²) in [6.07, 6.45) is 5.28. The highest BCUT2D eigenvalue weighted by Crippen LogP contribution is 2.27. The number of hydrogen-bond donors (Lipinski definition) is 2. The monoisotopic (exact) mass is 275 g/mol. The van der Waals surface area contributed by atoms with Gasteiger partial charge in [0.15, 0.2) is 0 Å². The van der Waals surface area contributed by atoms with Crippen molar-refractivity contribution in [1.82, 2.24) is 14.9 Å². The molecule has 0 spiro atoms. The molecule has 2 aliphatic rings. The molecule has 0 radical (unpaired) electrons. The van der Waals surface area contributed by atoms with Crippen LogP contribution in [0.1, 0.15) is 32.1 Å². The van der Waals surface area contributed by atoms with Gasteiger partial charge in [-0.25, -0.2) is 13.1 Å². The minimum absolute atomic E-state index is 0.143. The van der Waals surface area contributed by atoms with Gasteiger partial charge in [0.1, 0.15) is 0 Å². The van der Waals surface area contributed by atoms with Crippen LogP contribution in [0.4, 0.5) is 0 Å². The van der Waals surface area contributed by atoms with Gasteiger partial charge in [0.25, 0.3) is 0 Å². The summed E-state index contributed by atoms with van der Waals surface area (Å²) < 4.78 is 26.9. The smallest absolute Gasteiger partial charge is 0.211 e. The Hall–Kier alpha value is -0.170. The summed E-state index contributed by atoms with van der Waals surface area (Å²) in [6, 6.07) is 0.586. The zero-order valence-electron chi connectivity index (χ0n) is 11.2. The fourth-order valence-corrected chi connectivity index (χ4v) is 4.49. The Morgan fingerprint density at radius 3 is 2.83 bits per heavy atom. The molecule has 106 valence electrons. The Morgan fingerprint density at radius 1 is 1.22 bits per heavy atom. The van der Waals surface area contributed by atoms with E-state index in [0.29, 0.717) is 12.5 Å². The second-order valence-corrected chi connectivity index (χ2v) is 7.26. The molecule has 2 atom stereocenters. The van der Waals surface area contributed by atoms with Gasteiger partial charge >= 0.3 is 0 Å². The summed E-state index contributed by atoms with van der Waals surface area (Å²) >= 11 is 0. The molecule has 0 amide bonds. The third-order valence-corrected chi connectivity index (χ3v) is 5.51. The lowest BCUT2D eigenvalue weighted by atomic mass is 10.00. The van der Waals surface area contributed by atoms with E-state index in [2.05, 4.69) is 14.9 Å². The van der Waals surface area contributed by atoms with Crippen LogP contribution in [0.2, 0.25) is 0 Å². The molecule has 0 aromatic heterocycles. The standard InChI is InChI=1S/C12H25N3O2S/c1-13-7-4-10-18(16,17)14-11-6-9-15-8-3-2-5-12(11)15/h11-14H,2-10H2,1H3. The zero-order chi connectivity index (χ0) is 13.0. The second-order valence-electron chi connectivity index (χ2n) is 5.39. The molecule has 2 saturated heterocycles. The highest BCUT2D eigenvalue weighted by Gasteiger charge is 2.37. The predicted molar refractivity (Wildman–Crippen MR) is 73.1 cm³/mol. The summed E-state index contributed by atoms with van der Waals surface area (Å²) in [5, 5.41) is 2.98. The Balaban J connectivity index is 1.85. The van der Waals surface area contributed by atoms with Gasteiger partial charge in [-0.15, -0.1) is 0 Å². The Kier molecular flexibility index (Phi) is 5.00. The van der Waals surface area contributed by atoms with Crippen molar-refractivity contribution in [2.24, 2.45) is 0 Å². The van der Waals surface area contributed by atoms with Crippen LogP contribution in [-0.4, -0.2) is 57.8 Å². The predicted octanol–water partition coefficient (Wildman–Crippen LogP) is 0.142. The fourth-order valence-electron chi connectivity index (χ4n) is 3.11. The number of rotatable bonds is 6. The first kappa shape index (κ1) is 14.2. The first-order chi connectivity index (χ1) is 8.62. The molecule has 2 heterocycles. The van der Waals surface area contributed by atoms with E-state index in [1.165, 1.54) is 12.8 Å². The number of sulfonamides is 1. The van der Waals surface area contributed by atoms with Gasteiger partial charge in [0.05, 0.1) is 5.75 Å². The number of nitrogens with one attached hydrogen (secondary N) is 2. The van der Waals surface area contributed by atoms with E-state index in [9.17, 15) is 8.42 Å². The van der Waals surface area contributed by atoms with Crippen molar-refractivity contribution in [1.29, 1.82) is 0 Å². The molecule has 2 N–H and O–H groups in total. The number of hydrogen-bond acceptors (Lipinski definition) is 4. The summed E-state index contributed by atoms with van der Waals surface area (Å²) in [7, 11) is -1.26. The molecular weight excluding hydrogens is 250 g/mol. The van der Waals surface area contributed by atoms with Crippen LogP contribution in [0.3, 0.4) is 0 Å². The average Bonchev–Trinajstić information content (AvgIpc) is 2.72. The molecule has 5 nitrogen and oxygen atoms in total. The van der Waals surface area contributed by atoms with Crippen LogP contribution >= 0.6 is 0 Å². The number of nitrogens with zero attached hydrogens (tertiary/aromatic N) is 1. The molecule has 2 fully saturated rings. The molecule has 2 unspecified atom stereocenters. The molecule has 2 aliphatic heterocycles. The zero-order valence-corrected chi connectivity index (χ0v) is 12.0. The summed E-state index contributed by atoms with van der Waals surface area (Å²) in [6.45, 7) is 2.94. The molecule has 18 heavy (non-hydrogen) atoms. The average molecular weight is 275 g/mol. The van der Waals surface area contributed by atoms with Crippen molar-refractivity contribution in [3.63, 3.8) is 0 Å². The molecule has 0 aromatic carbocycles. The van der Waals surface area contributed by atoms with Gasteiger partial charge < -0.3 is 5.32 Å². The van der Waals surface area contributed by atoms with Gasteiger partial charge in [-0.2, -0.15) is 0 Å². The van der Waals surface area contributed by atoms with E-state index < -0.39 is 10.0 Å². The molecule has 2 rings (SSSR count). The molecule has 0 aliphatic carbocycles. The lowest BCUT2D eigenvalue weighted by Gasteiger charge is -2.32. The van der Waals surface area contributed by atoms with E-state index in [0.717, 1.165) is 32.5 Å². The lowest BCUT2D eigenvalue weighted by Crippen LogP contribution is -2.47. The van der Waals surface area contributed by atoms with Crippen molar-refractivity contribution >= 4 is 10.0 Å². The van der Waals surface area contributed by atoms with Gasteiger partial charge in [0, 0.05) is 18.6 Å². The normalized spacial score (nSPS) is 29.4. The van der Waals surface area contributed by atoms with E-state index in [4.69, 9.17) is 0 Å². The van der Waals surface area contributed by atoms with E-state index in [-0.39, 0.29) is 11.8 Å². The van der Waals surface area contributed by atoms with Crippen LogP contribution in [-0.2, 0) is 10.0 Å². The molecule has 0 aromatic rings. The van der Waals surface area contributed by atoms with Crippen molar-refractivity contribution in [2.75, 3.05) is 32.4 Å². The summed E-state index contributed by atoms with van der Waals surface area (Å²) in [4.78, 5) is 2.45. The third kappa shape index (κ3) is 3.66. The van der Waals surface area contributed by atoms with E-state index >= 15 is 0 Å². The maximum atomic E-state index is 12.0. The lowest BCUT2D eigenvalue weighted by molar-refractivity contribution is 0.186. The van der Waals surface area contributed by atoms with Crippen LogP contribution in [0.15, 0.2) is 0 Å². The first-order valence-electron chi connectivity index (χ1n) is 7.01. The minimum Gasteiger partial charge on any atom is -0.320 e. The van der Waals surface area contributed by atoms with Gasteiger partial charge in [-0.05, 0) is 45.8 Å². The Morgan fingerprint density at radius 2 is 2.06 bits per heavy atom. The number of fused-ring (bicyclic) bond motifs is 1. The summed E-state index contributed by atoms with van der Waals surface area (Å²) in [5.41, 5.74) is 0. The summed E-state index contributed by atoms with van der Waals surface area (Å²) in [5.74, 6) is 0.233. The Bertz CT molecular complexity index is 358. The third-order valence-electron chi connectivity index (χ3n) is 4.03. The van der Waals surface area contributed by atoms with Crippen molar-refractivity contribution in [3.05, 3.63) is 0 Å². The SMILES string of the molecule is CNCCCS(=O)(=O)NC1CCN2CCCCC12. The van der Waals surface area contributed by atoms with E-state index in [1.54, 1.807) is 0 Å². The minimum atomic E-state index is -3.10. The molecule has 0 bridgehead atoms. The van der Waals surface area contributed by atoms with Gasteiger partial charge in [0.2, 0.25) is 10.0 Å². The van der Waals surface area contributed by atoms with Crippen molar-refractivity contribution < 1.29 is 8.42 Å². The van der Waals surface area contributed by atoms with Crippen LogP contribution < -0.4 is 10.0 Å². The van der Waals surface area contributed by atoms with Gasteiger partial charge in [-0.3, -0.25) is 4.90 Å². The molecule has 6 heteroatoms. The fraction of sp³-hybridized carbons (Fsp3) is 1.00. The van der Waals surface area contributed by atoms with Gasteiger partial charge in [-0.1, -0.05) is 6.42 Å². The topological polar surface area (TPSA) is 61.4 Å². The second kappa shape index (κ2) is 6.32. The van der Waals surface area contributed by atoms with Crippen LogP contribution in [0, 0.1) is 0 Å². The Labute approximate surface area is 110 Å². The highest BCUT2D eigenvalue weighted by atomic mass is 32.2. The molecular formula is C12H25N3O2S. The largest absolute Gasteiger partial charge is 0.320 e. The van der Waals surface area contributed by atoms with Crippen molar-refractivity contribution in [3.8, 4) is 0 Å². The first-order valence-corrected chi connectivity index (χ1v) is 8.66. The van der Waals surface area contributed by atoms with Crippen LogP contribution in [0.25, 0.3) is 0 Å². The maximum Gasteiger partial charge on any atom is 0.211 e.